The minimum Gasteiger partial charge on any atom is -0.274 e. The molecule has 1 N–H and O–H groups in total. The number of carbonyl (C=O) groups excluding carboxylic acids is 1. The van der Waals surface area contributed by atoms with Crippen LogP contribution in [0, 0.1) is 0 Å². The van der Waals surface area contributed by atoms with E-state index in [1.807, 2.05) is 60.7 Å². The Bertz CT molecular complexity index is 750. The minimum atomic E-state index is -0.198. The Hall–Kier alpha value is -2.95. The zero-order chi connectivity index (χ0) is 14.7. The Kier molecular flexibility index (Phi) is 3.47. The van der Waals surface area contributed by atoms with Crippen molar-refractivity contribution in [3.05, 3.63) is 60.7 Å². The highest BCUT2D eigenvalue weighted by Crippen LogP contribution is 2.29. The zero-order valence-corrected chi connectivity index (χ0v) is 11.5. The Morgan fingerprint density at radius 1 is 0.952 bits per heavy atom. The van der Waals surface area contributed by atoms with Gasteiger partial charge in [-0.2, -0.15) is 4.79 Å². The van der Waals surface area contributed by atoms with Crippen molar-refractivity contribution in [2.75, 3.05) is 5.43 Å². The van der Waals surface area contributed by atoms with E-state index in [1.54, 1.807) is 0 Å². The summed E-state index contributed by atoms with van der Waals surface area (Å²) in [6, 6.07) is 19.5. The number of nitrogens with one attached hydrogen (secondary N) is 1. The van der Waals surface area contributed by atoms with E-state index in [0.717, 1.165) is 22.5 Å². The second-order valence-electron chi connectivity index (χ2n) is 4.60. The fraction of sp³-hybridized carbons (Fsp3) is 0.0625. The van der Waals surface area contributed by atoms with E-state index in [9.17, 15) is 4.79 Å². The number of nitrogens with zero attached hydrogens (tertiary/aromatic N) is 3. The van der Waals surface area contributed by atoms with Gasteiger partial charge in [0.15, 0.2) is 0 Å². The van der Waals surface area contributed by atoms with Gasteiger partial charge in [0.2, 0.25) is 5.91 Å². The number of hydrogen-bond donors (Lipinski definition) is 1. The highest BCUT2D eigenvalue weighted by Gasteiger charge is 2.17. The van der Waals surface area contributed by atoms with Gasteiger partial charge in [0, 0.05) is 18.1 Å². The van der Waals surface area contributed by atoms with E-state index in [1.165, 1.54) is 11.7 Å². The van der Waals surface area contributed by atoms with Crippen LogP contribution < -0.4 is 5.43 Å². The van der Waals surface area contributed by atoms with Gasteiger partial charge in [0.1, 0.15) is 11.4 Å². The van der Waals surface area contributed by atoms with Crippen LogP contribution >= 0.6 is 0 Å². The molecule has 1 heterocycles. The summed E-state index contributed by atoms with van der Waals surface area (Å²) in [6.45, 7) is 1.44. The highest BCUT2D eigenvalue weighted by molar-refractivity contribution is 5.84. The van der Waals surface area contributed by atoms with Crippen LogP contribution in [0.15, 0.2) is 60.7 Å². The van der Waals surface area contributed by atoms with E-state index in [4.69, 9.17) is 0 Å². The van der Waals surface area contributed by atoms with Crippen molar-refractivity contribution >= 4 is 5.91 Å². The van der Waals surface area contributed by atoms with Crippen molar-refractivity contribution in [1.29, 1.82) is 0 Å². The third kappa shape index (κ3) is 2.67. The summed E-state index contributed by atoms with van der Waals surface area (Å²) in [5, 5.41) is 8.26. The average molecular weight is 278 g/mol. The van der Waals surface area contributed by atoms with Crippen LogP contribution in [0.4, 0.5) is 0 Å². The summed E-state index contributed by atoms with van der Waals surface area (Å²) in [5.41, 5.74) is 6.05. The van der Waals surface area contributed by atoms with Crippen LogP contribution in [0.2, 0.25) is 0 Å². The molecule has 0 saturated heterocycles. The van der Waals surface area contributed by atoms with Crippen molar-refractivity contribution < 1.29 is 4.79 Å². The van der Waals surface area contributed by atoms with Crippen LogP contribution in [0.25, 0.3) is 22.5 Å². The van der Waals surface area contributed by atoms with E-state index in [2.05, 4.69) is 15.7 Å². The number of amides is 1. The van der Waals surface area contributed by atoms with Gasteiger partial charge in [-0.1, -0.05) is 60.7 Å². The molecular formula is C16H14N4O. The lowest BCUT2D eigenvalue weighted by molar-refractivity contribution is -0.115. The van der Waals surface area contributed by atoms with Gasteiger partial charge in [-0.25, -0.2) is 5.43 Å². The molecular weight excluding hydrogens is 264 g/mol. The molecule has 104 valence electrons. The van der Waals surface area contributed by atoms with E-state index in [0.29, 0.717) is 0 Å². The van der Waals surface area contributed by atoms with Crippen LogP contribution in [0.5, 0.6) is 0 Å². The van der Waals surface area contributed by atoms with E-state index >= 15 is 0 Å². The molecule has 0 aliphatic heterocycles. The molecule has 2 aromatic carbocycles. The van der Waals surface area contributed by atoms with E-state index < -0.39 is 0 Å². The number of rotatable bonds is 3. The standard InChI is InChI=1S/C16H14N4O/c1-12(21)18-20-16(14-10-6-3-7-11-14)15(17-19-20)13-8-4-2-5-9-13/h2-11H,1H3,(H,18,21). The van der Waals surface area contributed by atoms with Gasteiger partial charge in [0.25, 0.3) is 0 Å². The predicted molar refractivity (Wildman–Crippen MR) is 80.9 cm³/mol. The molecule has 0 spiro atoms. The smallest absolute Gasteiger partial charge is 0.237 e. The summed E-state index contributed by atoms with van der Waals surface area (Å²) >= 11 is 0. The van der Waals surface area contributed by atoms with Crippen molar-refractivity contribution in [1.82, 2.24) is 15.1 Å². The molecule has 3 rings (SSSR count). The van der Waals surface area contributed by atoms with Crippen LogP contribution in [0.3, 0.4) is 0 Å². The summed E-state index contributed by atoms with van der Waals surface area (Å²) in [4.78, 5) is 12.8. The van der Waals surface area contributed by atoms with Crippen LogP contribution in [-0.2, 0) is 4.79 Å². The van der Waals surface area contributed by atoms with Crippen LogP contribution in [-0.4, -0.2) is 21.0 Å². The Morgan fingerprint density at radius 2 is 1.52 bits per heavy atom. The Balaban J connectivity index is 2.18. The zero-order valence-electron chi connectivity index (χ0n) is 11.5. The second-order valence-corrected chi connectivity index (χ2v) is 4.60. The fourth-order valence-corrected chi connectivity index (χ4v) is 2.15. The third-order valence-corrected chi connectivity index (χ3v) is 3.03. The molecule has 0 radical (unpaired) electrons. The predicted octanol–water partition coefficient (Wildman–Crippen LogP) is 2.70. The van der Waals surface area contributed by atoms with Gasteiger partial charge in [-0.15, -0.1) is 5.10 Å². The third-order valence-electron chi connectivity index (χ3n) is 3.03. The molecule has 5 nitrogen and oxygen atoms in total. The summed E-state index contributed by atoms with van der Waals surface area (Å²) in [6.07, 6.45) is 0. The fourth-order valence-electron chi connectivity index (χ4n) is 2.15. The molecule has 21 heavy (non-hydrogen) atoms. The lowest BCUT2D eigenvalue weighted by atomic mass is 10.1. The summed E-state index contributed by atoms with van der Waals surface area (Å²) in [5.74, 6) is -0.198. The summed E-state index contributed by atoms with van der Waals surface area (Å²) in [7, 11) is 0. The first kappa shape index (κ1) is 13.1. The molecule has 1 aromatic heterocycles. The maximum Gasteiger partial charge on any atom is 0.237 e. The largest absolute Gasteiger partial charge is 0.274 e. The lowest BCUT2D eigenvalue weighted by Gasteiger charge is -2.08. The van der Waals surface area contributed by atoms with Gasteiger partial charge >= 0.3 is 0 Å². The van der Waals surface area contributed by atoms with Gasteiger partial charge < -0.3 is 0 Å². The molecule has 0 atom stereocenters. The van der Waals surface area contributed by atoms with E-state index in [-0.39, 0.29) is 5.91 Å². The first-order valence-electron chi connectivity index (χ1n) is 6.60. The molecule has 1 amide bonds. The molecule has 0 aliphatic rings. The van der Waals surface area contributed by atoms with Gasteiger partial charge in [-0.05, 0) is 5.21 Å². The summed E-state index contributed by atoms with van der Waals surface area (Å²) < 4.78 is 0. The first-order valence-corrected chi connectivity index (χ1v) is 6.60. The maximum atomic E-state index is 11.3. The van der Waals surface area contributed by atoms with Crippen molar-refractivity contribution in [3.63, 3.8) is 0 Å². The first-order chi connectivity index (χ1) is 10.3. The normalized spacial score (nSPS) is 10.3. The topological polar surface area (TPSA) is 59.8 Å². The second kappa shape index (κ2) is 5.58. The molecule has 0 fully saturated rings. The maximum absolute atomic E-state index is 11.3. The molecule has 0 saturated carbocycles. The van der Waals surface area contributed by atoms with Crippen LogP contribution in [0.1, 0.15) is 6.92 Å². The molecule has 5 heteroatoms. The highest BCUT2D eigenvalue weighted by atomic mass is 16.2. The SMILES string of the molecule is CC(=O)Nn1nnc(-c2ccccc2)c1-c1ccccc1. The monoisotopic (exact) mass is 278 g/mol. The Labute approximate surface area is 122 Å². The van der Waals surface area contributed by atoms with Crippen molar-refractivity contribution in [2.24, 2.45) is 0 Å². The quantitative estimate of drug-likeness (QED) is 0.801. The lowest BCUT2D eigenvalue weighted by Crippen LogP contribution is -2.22. The van der Waals surface area contributed by atoms with Crippen molar-refractivity contribution in [2.45, 2.75) is 6.92 Å². The van der Waals surface area contributed by atoms with Gasteiger partial charge in [-0.3, -0.25) is 4.79 Å². The number of carbonyl (C=O) groups is 1. The van der Waals surface area contributed by atoms with Crippen molar-refractivity contribution in [3.8, 4) is 22.5 Å². The minimum absolute atomic E-state index is 0.198. The molecule has 3 aromatic rings. The number of benzene rings is 2. The number of hydrogen-bond acceptors (Lipinski definition) is 3. The molecule has 0 aliphatic carbocycles. The Morgan fingerprint density at radius 3 is 2.10 bits per heavy atom. The van der Waals surface area contributed by atoms with Gasteiger partial charge in [0.05, 0.1) is 0 Å². The number of aromatic nitrogens is 3. The average Bonchev–Trinajstić information content (AvgIpc) is 2.92. The molecule has 0 unspecified atom stereocenters. The molecule has 0 bridgehead atoms.